The van der Waals surface area contributed by atoms with Crippen LogP contribution >= 0.6 is 0 Å². The highest BCUT2D eigenvalue weighted by molar-refractivity contribution is 5.98. The molecule has 1 aromatic rings. The van der Waals surface area contributed by atoms with Crippen molar-refractivity contribution in [2.24, 2.45) is 0 Å². The fourth-order valence-corrected chi connectivity index (χ4v) is 1.48. The largest absolute Gasteiger partial charge is 0.476 e. The van der Waals surface area contributed by atoms with Crippen LogP contribution in [-0.4, -0.2) is 62.5 Å². The number of carbonyl (C=O) groups is 3. The number of imide groups is 1. The fraction of sp³-hybridized carbons (Fsp3) is 0.444. The van der Waals surface area contributed by atoms with Crippen molar-refractivity contribution in [1.29, 1.82) is 0 Å². The summed E-state index contributed by atoms with van der Waals surface area (Å²) in [6.07, 6.45) is 1.23. The molecule has 1 aliphatic rings. The lowest BCUT2D eigenvalue weighted by atomic mass is 10.4. The summed E-state index contributed by atoms with van der Waals surface area (Å²) in [5.41, 5.74) is -0.186. The summed E-state index contributed by atoms with van der Waals surface area (Å²) in [5.74, 6) is -2.01. The van der Waals surface area contributed by atoms with Crippen LogP contribution in [0, 0.1) is 0 Å². The third-order valence-corrected chi connectivity index (χ3v) is 2.36. The number of nitrogens with zero attached hydrogens (tertiary/aromatic N) is 4. The van der Waals surface area contributed by atoms with Gasteiger partial charge in [-0.2, -0.15) is 0 Å². The number of morpholine rings is 1. The third kappa shape index (κ3) is 2.51. The predicted octanol–water partition coefficient (Wildman–Crippen LogP) is -1.64. The topological polar surface area (TPSA) is 115 Å². The molecule has 0 radical (unpaired) electrons. The van der Waals surface area contributed by atoms with Crippen LogP contribution in [-0.2, 0) is 20.9 Å². The highest BCUT2D eigenvalue weighted by atomic mass is 16.5. The number of carboxylic acid groups (broad SMARTS) is 1. The number of carboxylic acids is 1. The van der Waals surface area contributed by atoms with Crippen LogP contribution < -0.4 is 0 Å². The Labute approximate surface area is 101 Å². The van der Waals surface area contributed by atoms with Crippen molar-refractivity contribution in [3.63, 3.8) is 0 Å². The molecule has 0 atom stereocenters. The maximum Gasteiger partial charge on any atom is 0.358 e. The van der Waals surface area contributed by atoms with Gasteiger partial charge >= 0.3 is 5.97 Å². The van der Waals surface area contributed by atoms with Crippen LogP contribution in [0.25, 0.3) is 0 Å². The van der Waals surface area contributed by atoms with Gasteiger partial charge in [0.2, 0.25) is 0 Å². The van der Waals surface area contributed by atoms with E-state index in [1.807, 2.05) is 0 Å². The molecule has 1 aromatic heterocycles. The van der Waals surface area contributed by atoms with Gasteiger partial charge in [0.25, 0.3) is 11.8 Å². The molecule has 0 bridgehead atoms. The lowest BCUT2D eigenvalue weighted by Gasteiger charge is -2.24. The SMILES string of the molecule is O=C(O)c1cn(CCN2C(=O)COCC2=O)nn1. The molecule has 2 amide bonds. The molecule has 1 N–H and O–H groups in total. The number of carbonyl (C=O) groups excluding carboxylic acids is 2. The normalized spacial score (nSPS) is 16.1. The minimum Gasteiger partial charge on any atom is -0.476 e. The number of hydrogen-bond acceptors (Lipinski definition) is 6. The molecule has 1 fully saturated rings. The van der Waals surface area contributed by atoms with E-state index in [1.165, 1.54) is 10.9 Å². The predicted molar refractivity (Wildman–Crippen MR) is 54.5 cm³/mol. The second-order valence-electron chi connectivity index (χ2n) is 3.60. The monoisotopic (exact) mass is 254 g/mol. The van der Waals surface area contributed by atoms with Crippen LogP contribution in [0.15, 0.2) is 6.20 Å². The number of aromatic carboxylic acids is 1. The van der Waals surface area contributed by atoms with Crippen LogP contribution in [0.1, 0.15) is 10.5 Å². The van der Waals surface area contributed by atoms with Gasteiger partial charge in [0.15, 0.2) is 5.69 Å². The van der Waals surface area contributed by atoms with Gasteiger partial charge in [-0.3, -0.25) is 14.5 Å². The molecule has 9 nitrogen and oxygen atoms in total. The molecule has 2 rings (SSSR count). The molecule has 0 saturated carbocycles. The molecule has 1 aliphatic heterocycles. The fourth-order valence-electron chi connectivity index (χ4n) is 1.48. The van der Waals surface area contributed by atoms with E-state index in [4.69, 9.17) is 9.84 Å². The van der Waals surface area contributed by atoms with Gasteiger partial charge in [-0.1, -0.05) is 5.21 Å². The number of aromatic nitrogens is 3. The smallest absolute Gasteiger partial charge is 0.358 e. The number of hydrogen-bond donors (Lipinski definition) is 1. The van der Waals surface area contributed by atoms with Gasteiger partial charge in [-0.05, 0) is 0 Å². The second kappa shape index (κ2) is 4.92. The Bertz CT molecular complexity index is 481. The quantitative estimate of drug-likeness (QED) is 0.641. The first-order chi connectivity index (χ1) is 8.58. The summed E-state index contributed by atoms with van der Waals surface area (Å²) >= 11 is 0. The molecular formula is C9H10N4O5. The van der Waals surface area contributed by atoms with E-state index in [9.17, 15) is 14.4 Å². The third-order valence-electron chi connectivity index (χ3n) is 2.36. The number of ether oxygens (including phenoxy) is 1. The Kier molecular flexibility index (Phi) is 3.33. The molecule has 0 spiro atoms. The molecular weight excluding hydrogens is 244 g/mol. The van der Waals surface area contributed by atoms with Crippen molar-refractivity contribution >= 4 is 17.8 Å². The number of amides is 2. The first-order valence-electron chi connectivity index (χ1n) is 5.12. The Morgan fingerprint density at radius 3 is 2.56 bits per heavy atom. The summed E-state index contributed by atoms with van der Waals surface area (Å²) in [7, 11) is 0. The van der Waals surface area contributed by atoms with E-state index in [0.717, 1.165) is 4.90 Å². The Balaban J connectivity index is 1.95. The van der Waals surface area contributed by atoms with Gasteiger partial charge in [0.1, 0.15) is 13.2 Å². The molecule has 0 unspecified atom stereocenters. The average Bonchev–Trinajstić information content (AvgIpc) is 2.77. The summed E-state index contributed by atoms with van der Waals surface area (Å²) in [5, 5.41) is 15.6. The Hall–Kier alpha value is -2.29. The van der Waals surface area contributed by atoms with E-state index < -0.39 is 17.8 Å². The maximum atomic E-state index is 11.4. The van der Waals surface area contributed by atoms with Crippen LogP contribution in [0.2, 0.25) is 0 Å². The van der Waals surface area contributed by atoms with Crippen molar-refractivity contribution in [2.45, 2.75) is 6.54 Å². The highest BCUT2D eigenvalue weighted by Gasteiger charge is 2.26. The second-order valence-corrected chi connectivity index (χ2v) is 3.60. The van der Waals surface area contributed by atoms with E-state index >= 15 is 0 Å². The van der Waals surface area contributed by atoms with Gasteiger partial charge in [0.05, 0.1) is 12.7 Å². The minimum absolute atomic E-state index is 0.115. The zero-order valence-corrected chi connectivity index (χ0v) is 9.27. The molecule has 0 aliphatic carbocycles. The summed E-state index contributed by atoms with van der Waals surface area (Å²) in [6, 6.07) is 0. The lowest BCUT2D eigenvalue weighted by molar-refractivity contribution is -0.158. The van der Waals surface area contributed by atoms with Gasteiger partial charge in [0, 0.05) is 6.54 Å². The van der Waals surface area contributed by atoms with Crippen molar-refractivity contribution in [1.82, 2.24) is 19.9 Å². The molecule has 96 valence electrons. The van der Waals surface area contributed by atoms with E-state index in [2.05, 4.69) is 10.3 Å². The first-order valence-corrected chi connectivity index (χ1v) is 5.12. The summed E-state index contributed by atoms with van der Waals surface area (Å²) in [6.45, 7) is 0.0636. The first kappa shape index (κ1) is 12.2. The van der Waals surface area contributed by atoms with Crippen LogP contribution in [0.3, 0.4) is 0 Å². The maximum absolute atomic E-state index is 11.4. The van der Waals surface area contributed by atoms with Crippen molar-refractivity contribution in [3.8, 4) is 0 Å². The van der Waals surface area contributed by atoms with Gasteiger partial charge in [-0.25, -0.2) is 9.48 Å². The van der Waals surface area contributed by atoms with Crippen LogP contribution in [0.5, 0.6) is 0 Å². The lowest BCUT2D eigenvalue weighted by Crippen LogP contribution is -2.47. The van der Waals surface area contributed by atoms with E-state index in [1.54, 1.807) is 0 Å². The summed E-state index contributed by atoms with van der Waals surface area (Å²) < 4.78 is 6.02. The Morgan fingerprint density at radius 1 is 1.33 bits per heavy atom. The van der Waals surface area contributed by atoms with Crippen molar-refractivity contribution < 1.29 is 24.2 Å². The molecule has 9 heteroatoms. The average molecular weight is 254 g/mol. The molecule has 1 saturated heterocycles. The van der Waals surface area contributed by atoms with Gasteiger partial charge < -0.3 is 9.84 Å². The van der Waals surface area contributed by atoms with Crippen molar-refractivity contribution in [3.05, 3.63) is 11.9 Å². The zero-order chi connectivity index (χ0) is 13.1. The Morgan fingerprint density at radius 2 is 2.00 bits per heavy atom. The summed E-state index contributed by atoms with van der Waals surface area (Å²) in [4.78, 5) is 34.4. The van der Waals surface area contributed by atoms with E-state index in [0.29, 0.717) is 0 Å². The minimum atomic E-state index is -1.18. The van der Waals surface area contributed by atoms with E-state index in [-0.39, 0.29) is 32.0 Å². The molecule has 18 heavy (non-hydrogen) atoms. The van der Waals surface area contributed by atoms with Gasteiger partial charge in [-0.15, -0.1) is 5.10 Å². The van der Waals surface area contributed by atoms with Crippen molar-refractivity contribution in [2.75, 3.05) is 19.8 Å². The zero-order valence-electron chi connectivity index (χ0n) is 9.27. The highest BCUT2D eigenvalue weighted by Crippen LogP contribution is 2.01. The standard InChI is InChI=1S/C9H10N4O5/c14-7-4-18-5-8(15)13(7)2-1-12-3-6(9(16)17)10-11-12/h3H,1-2,4-5H2,(H,16,17). The number of rotatable bonds is 4. The molecule has 0 aromatic carbocycles. The molecule has 2 heterocycles. The van der Waals surface area contributed by atoms with Crippen LogP contribution in [0.4, 0.5) is 0 Å².